The molecule has 0 bridgehead atoms. The molecular formula is C17H22ClF3N2O2. The number of ether oxygens (including phenoxy) is 1. The van der Waals surface area contributed by atoms with Crippen LogP contribution in [0.4, 0.5) is 13.2 Å². The zero-order valence-corrected chi connectivity index (χ0v) is 14.5. The first-order valence-corrected chi connectivity index (χ1v) is 7.85. The summed E-state index contributed by atoms with van der Waals surface area (Å²) in [5.41, 5.74) is -0.991. The van der Waals surface area contributed by atoms with Crippen LogP contribution in [0.5, 0.6) is 5.75 Å². The van der Waals surface area contributed by atoms with Gasteiger partial charge in [0, 0.05) is 6.54 Å². The molecule has 1 fully saturated rings. The first kappa shape index (κ1) is 21.3. The number of carbonyl (C=O) groups is 1. The van der Waals surface area contributed by atoms with Crippen molar-refractivity contribution in [3.05, 3.63) is 42.0 Å². The van der Waals surface area contributed by atoms with Crippen LogP contribution in [0.1, 0.15) is 28.8 Å². The molecule has 25 heavy (non-hydrogen) atoms. The molecule has 2 N–H and O–H groups in total. The van der Waals surface area contributed by atoms with Crippen LogP contribution >= 0.6 is 12.4 Å². The van der Waals surface area contributed by atoms with Crippen LogP contribution in [0, 0.1) is 5.92 Å². The first-order valence-electron chi connectivity index (χ1n) is 7.85. The van der Waals surface area contributed by atoms with Gasteiger partial charge in [-0.2, -0.15) is 13.2 Å². The molecule has 1 unspecified atom stereocenters. The van der Waals surface area contributed by atoms with Gasteiger partial charge in [-0.3, -0.25) is 4.79 Å². The van der Waals surface area contributed by atoms with E-state index >= 15 is 0 Å². The Bertz CT molecular complexity index is 588. The van der Waals surface area contributed by atoms with Crippen LogP contribution in [0.3, 0.4) is 0 Å². The Balaban J connectivity index is 0.00000312. The summed E-state index contributed by atoms with van der Waals surface area (Å²) in [6.07, 6.45) is -1.21. The van der Waals surface area contributed by atoms with E-state index in [-0.39, 0.29) is 30.3 Å². The third-order valence-corrected chi connectivity index (χ3v) is 3.91. The number of amides is 1. The van der Waals surface area contributed by atoms with Gasteiger partial charge in [-0.05, 0) is 50.0 Å². The number of hydrogen-bond acceptors (Lipinski definition) is 3. The summed E-state index contributed by atoms with van der Waals surface area (Å²) in [5.74, 6) is 0.0392. The van der Waals surface area contributed by atoms with Gasteiger partial charge in [-0.25, -0.2) is 0 Å². The first-order chi connectivity index (χ1) is 11.4. The fraction of sp³-hybridized carbons (Fsp3) is 0.471. The van der Waals surface area contributed by atoms with E-state index < -0.39 is 17.6 Å². The molecule has 8 heteroatoms. The summed E-state index contributed by atoms with van der Waals surface area (Å²) < 4.78 is 43.9. The van der Waals surface area contributed by atoms with Crippen molar-refractivity contribution < 1.29 is 22.7 Å². The Morgan fingerprint density at radius 1 is 1.44 bits per heavy atom. The average Bonchev–Trinajstić information content (AvgIpc) is 3.05. The second-order valence-electron chi connectivity index (χ2n) is 5.71. The number of alkyl halides is 3. The molecule has 0 aliphatic carbocycles. The fourth-order valence-electron chi connectivity index (χ4n) is 2.60. The summed E-state index contributed by atoms with van der Waals surface area (Å²) in [6.45, 7) is 5.89. The number of nitrogens with one attached hydrogen (secondary N) is 2. The summed E-state index contributed by atoms with van der Waals surface area (Å²) in [4.78, 5) is 12.3. The highest BCUT2D eigenvalue weighted by atomic mass is 35.5. The van der Waals surface area contributed by atoms with E-state index in [1.54, 1.807) is 0 Å². The third kappa shape index (κ3) is 6.25. The molecule has 1 aliphatic heterocycles. The van der Waals surface area contributed by atoms with Gasteiger partial charge >= 0.3 is 6.18 Å². The average molecular weight is 379 g/mol. The Kier molecular flexibility index (Phi) is 8.25. The molecule has 1 aromatic rings. The van der Waals surface area contributed by atoms with Gasteiger partial charge < -0.3 is 15.4 Å². The van der Waals surface area contributed by atoms with Gasteiger partial charge in [0.25, 0.3) is 5.91 Å². The summed E-state index contributed by atoms with van der Waals surface area (Å²) in [7, 11) is 0. The molecule has 140 valence electrons. The molecule has 0 saturated carbocycles. The van der Waals surface area contributed by atoms with E-state index in [1.165, 1.54) is 12.1 Å². The number of rotatable bonds is 7. The zero-order valence-electron chi connectivity index (χ0n) is 13.7. The van der Waals surface area contributed by atoms with Crippen molar-refractivity contribution in [2.75, 3.05) is 26.2 Å². The summed E-state index contributed by atoms with van der Waals surface area (Å²) in [6, 6.07) is 2.90. The molecule has 1 atom stereocenters. The van der Waals surface area contributed by atoms with E-state index in [1.807, 2.05) is 0 Å². The van der Waals surface area contributed by atoms with Crippen LogP contribution in [0.25, 0.3) is 0 Å². The topological polar surface area (TPSA) is 50.4 Å². The van der Waals surface area contributed by atoms with Gasteiger partial charge in [0.1, 0.15) is 12.4 Å². The van der Waals surface area contributed by atoms with Crippen molar-refractivity contribution in [1.29, 1.82) is 0 Å². The highest BCUT2D eigenvalue weighted by Crippen LogP contribution is 2.32. The lowest BCUT2D eigenvalue weighted by atomic mass is 10.0. The maximum atomic E-state index is 12.9. The molecule has 4 nitrogen and oxygen atoms in total. The Morgan fingerprint density at radius 3 is 2.80 bits per heavy atom. The molecule has 1 heterocycles. The van der Waals surface area contributed by atoms with Crippen molar-refractivity contribution >= 4 is 18.3 Å². The van der Waals surface area contributed by atoms with Gasteiger partial charge in [0.2, 0.25) is 0 Å². The summed E-state index contributed by atoms with van der Waals surface area (Å²) >= 11 is 0. The number of hydrogen-bond donors (Lipinski definition) is 2. The second kappa shape index (κ2) is 9.68. The van der Waals surface area contributed by atoms with Crippen LogP contribution in [0.15, 0.2) is 30.9 Å². The fourth-order valence-corrected chi connectivity index (χ4v) is 2.60. The molecule has 0 aromatic heterocycles. The van der Waals surface area contributed by atoms with Gasteiger partial charge in [0.15, 0.2) is 0 Å². The lowest BCUT2D eigenvalue weighted by molar-refractivity contribution is -0.137. The molecular weight excluding hydrogens is 357 g/mol. The zero-order chi connectivity index (χ0) is 17.6. The van der Waals surface area contributed by atoms with Crippen LogP contribution < -0.4 is 15.4 Å². The highest BCUT2D eigenvalue weighted by Gasteiger charge is 2.32. The lowest BCUT2D eigenvalue weighted by Gasteiger charge is -2.14. The summed E-state index contributed by atoms with van der Waals surface area (Å²) in [5, 5.41) is 5.91. The normalized spacial score (nSPS) is 16.8. The van der Waals surface area contributed by atoms with E-state index in [0.717, 1.165) is 38.1 Å². The predicted molar refractivity (Wildman–Crippen MR) is 92.3 cm³/mol. The van der Waals surface area contributed by atoms with Gasteiger partial charge in [-0.15, -0.1) is 12.4 Å². The van der Waals surface area contributed by atoms with E-state index in [0.29, 0.717) is 12.5 Å². The van der Waals surface area contributed by atoms with Crippen LogP contribution in [0.2, 0.25) is 0 Å². The maximum Gasteiger partial charge on any atom is 0.416 e. The maximum absolute atomic E-state index is 12.9. The smallest absolute Gasteiger partial charge is 0.416 e. The Labute approximate surface area is 151 Å². The number of halogens is 4. The van der Waals surface area contributed by atoms with Crippen molar-refractivity contribution in [2.24, 2.45) is 5.92 Å². The van der Waals surface area contributed by atoms with E-state index in [4.69, 9.17) is 4.74 Å². The largest absolute Gasteiger partial charge is 0.489 e. The molecule has 1 aromatic carbocycles. The molecule has 2 rings (SSSR count). The second-order valence-corrected chi connectivity index (χ2v) is 5.71. The minimum Gasteiger partial charge on any atom is -0.489 e. The minimum absolute atomic E-state index is 0. The monoisotopic (exact) mass is 378 g/mol. The number of carbonyl (C=O) groups excluding carboxylic acids is 1. The molecule has 0 spiro atoms. The molecule has 1 amide bonds. The standard InChI is InChI=1S/C17H21F3N2O2.ClH/c1-2-9-24-15-4-3-13(17(18,19)20)10-14(15)16(23)22-8-6-12-5-7-21-11-12;/h2-4,10,12,21H,1,5-9,11H2,(H,22,23);1H. The van der Waals surface area contributed by atoms with Crippen LogP contribution in [-0.2, 0) is 6.18 Å². The van der Waals surface area contributed by atoms with Crippen molar-refractivity contribution in [3.63, 3.8) is 0 Å². The van der Waals surface area contributed by atoms with Crippen molar-refractivity contribution in [1.82, 2.24) is 10.6 Å². The van der Waals surface area contributed by atoms with Gasteiger partial charge in [0.05, 0.1) is 11.1 Å². The third-order valence-electron chi connectivity index (χ3n) is 3.91. The van der Waals surface area contributed by atoms with E-state index in [2.05, 4.69) is 17.2 Å². The van der Waals surface area contributed by atoms with E-state index in [9.17, 15) is 18.0 Å². The minimum atomic E-state index is -4.51. The van der Waals surface area contributed by atoms with Crippen molar-refractivity contribution in [3.8, 4) is 5.75 Å². The Hall–Kier alpha value is -1.73. The quantitative estimate of drug-likeness (QED) is 0.715. The van der Waals surface area contributed by atoms with Crippen LogP contribution in [-0.4, -0.2) is 32.1 Å². The van der Waals surface area contributed by atoms with Gasteiger partial charge in [-0.1, -0.05) is 12.7 Å². The lowest BCUT2D eigenvalue weighted by Crippen LogP contribution is -2.27. The predicted octanol–water partition coefficient (Wildman–Crippen LogP) is 3.42. The highest BCUT2D eigenvalue weighted by molar-refractivity contribution is 5.97. The Morgan fingerprint density at radius 2 is 2.20 bits per heavy atom. The van der Waals surface area contributed by atoms with Crippen molar-refractivity contribution in [2.45, 2.75) is 19.0 Å². The SMILES string of the molecule is C=CCOc1ccc(C(F)(F)F)cc1C(=O)NCCC1CCNC1.Cl. The molecule has 1 saturated heterocycles. The molecule has 0 radical (unpaired) electrons. The molecule has 1 aliphatic rings. The number of benzene rings is 1.